The van der Waals surface area contributed by atoms with Gasteiger partial charge in [0, 0.05) is 0 Å². The van der Waals surface area contributed by atoms with Crippen molar-refractivity contribution in [3.8, 4) is 0 Å². The lowest BCUT2D eigenvalue weighted by Gasteiger charge is -2.21. The van der Waals surface area contributed by atoms with Gasteiger partial charge in [-0.3, -0.25) is 14.5 Å². The van der Waals surface area contributed by atoms with Gasteiger partial charge in [-0.05, 0) is 25.0 Å². The Morgan fingerprint density at radius 2 is 1.55 bits per heavy atom. The molecule has 1 fully saturated rings. The SMILES string of the molecule is CC1(C)NC(=O)N(CC(O)COC(=O)C(c2ccccc2)c2ccccc2)C1=O. The Balaban J connectivity index is 1.66. The predicted molar refractivity (Wildman–Crippen MR) is 106 cm³/mol. The molecule has 2 aromatic carbocycles. The van der Waals surface area contributed by atoms with Crippen molar-refractivity contribution in [2.24, 2.45) is 0 Å². The van der Waals surface area contributed by atoms with Gasteiger partial charge in [-0.25, -0.2) is 4.79 Å². The van der Waals surface area contributed by atoms with E-state index in [1.807, 2.05) is 60.7 Å². The van der Waals surface area contributed by atoms with Crippen molar-refractivity contribution in [1.82, 2.24) is 10.2 Å². The molecule has 1 unspecified atom stereocenters. The van der Waals surface area contributed by atoms with Gasteiger partial charge in [0.15, 0.2) is 0 Å². The molecule has 1 heterocycles. The van der Waals surface area contributed by atoms with E-state index in [0.29, 0.717) is 0 Å². The fourth-order valence-corrected chi connectivity index (χ4v) is 3.26. The van der Waals surface area contributed by atoms with Gasteiger partial charge in [-0.2, -0.15) is 0 Å². The molecule has 1 aliphatic rings. The monoisotopic (exact) mass is 396 g/mol. The third-order valence-corrected chi connectivity index (χ3v) is 4.76. The van der Waals surface area contributed by atoms with Crippen LogP contribution in [0.25, 0.3) is 0 Å². The smallest absolute Gasteiger partial charge is 0.325 e. The van der Waals surface area contributed by atoms with E-state index in [-0.39, 0.29) is 13.2 Å². The summed E-state index contributed by atoms with van der Waals surface area (Å²) in [6.07, 6.45) is -1.19. The molecule has 2 N–H and O–H groups in total. The fourth-order valence-electron chi connectivity index (χ4n) is 3.26. The summed E-state index contributed by atoms with van der Waals surface area (Å²) >= 11 is 0. The minimum absolute atomic E-state index is 0.247. The normalized spacial score (nSPS) is 16.6. The lowest BCUT2D eigenvalue weighted by atomic mass is 9.91. The van der Waals surface area contributed by atoms with E-state index in [0.717, 1.165) is 16.0 Å². The van der Waals surface area contributed by atoms with Crippen LogP contribution in [0, 0.1) is 0 Å². The maximum absolute atomic E-state index is 12.8. The van der Waals surface area contributed by atoms with E-state index >= 15 is 0 Å². The summed E-state index contributed by atoms with van der Waals surface area (Å²) in [4.78, 5) is 37.9. The quantitative estimate of drug-likeness (QED) is 0.552. The van der Waals surface area contributed by atoms with Gasteiger partial charge in [-0.1, -0.05) is 60.7 Å². The molecule has 1 atom stereocenters. The summed E-state index contributed by atoms with van der Waals surface area (Å²) in [5.74, 6) is -1.58. The third-order valence-electron chi connectivity index (χ3n) is 4.76. The number of urea groups is 1. The molecule has 0 bridgehead atoms. The van der Waals surface area contributed by atoms with Gasteiger partial charge in [0.05, 0.1) is 6.54 Å². The highest BCUT2D eigenvalue weighted by Gasteiger charge is 2.44. The van der Waals surface area contributed by atoms with Gasteiger partial charge >= 0.3 is 12.0 Å². The molecule has 29 heavy (non-hydrogen) atoms. The van der Waals surface area contributed by atoms with Gasteiger partial charge < -0.3 is 15.2 Å². The number of carbonyl (C=O) groups excluding carboxylic acids is 3. The summed E-state index contributed by atoms with van der Waals surface area (Å²) in [6.45, 7) is 2.60. The molecule has 3 amide bonds. The summed E-state index contributed by atoms with van der Waals surface area (Å²) < 4.78 is 5.35. The zero-order chi connectivity index (χ0) is 21.0. The highest BCUT2D eigenvalue weighted by molar-refractivity contribution is 6.06. The highest BCUT2D eigenvalue weighted by Crippen LogP contribution is 2.26. The second kappa shape index (κ2) is 8.45. The van der Waals surface area contributed by atoms with Gasteiger partial charge in [0.25, 0.3) is 5.91 Å². The van der Waals surface area contributed by atoms with Crippen LogP contribution in [0.4, 0.5) is 4.79 Å². The zero-order valence-corrected chi connectivity index (χ0v) is 16.4. The summed E-state index contributed by atoms with van der Waals surface area (Å²) in [5.41, 5.74) is 0.530. The van der Waals surface area contributed by atoms with Crippen molar-refractivity contribution >= 4 is 17.9 Å². The average molecular weight is 396 g/mol. The van der Waals surface area contributed by atoms with Crippen LogP contribution >= 0.6 is 0 Å². The summed E-state index contributed by atoms with van der Waals surface area (Å²) in [6, 6.07) is 17.9. The zero-order valence-electron chi connectivity index (χ0n) is 16.4. The number of β-amino-alcohol motifs (C(OH)–C–C–N with tert-alkyl or cyclic N) is 1. The van der Waals surface area contributed by atoms with E-state index in [1.54, 1.807) is 13.8 Å². The minimum atomic E-state index is -1.19. The van der Waals surface area contributed by atoms with E-state index in [2.05, 4.69) is 5.32 Å². The molecule has 0 aliphatic carbocycles. The number of amides is 3. The second-order valence-corrected chi connectivity index (χ2v) is 7.51. The molecule has 3 rings (SSSR count). The average Bonchev–Trinajstić information content (AvgIpc) is 2.90. The molecule has 2 aromatic rings. The number of aliphatic hydroxyl groups excluding tert-OH is 1. The number of benzene rings is 2. The first kappa shape index (κ1) is 20.5. The van der Waals surface area contributed by atoms with Crippen LogP contribution in [0.3, 0.4) is 0 Å². The Labute approximate surface area is 169 Å². The van der Waals surface area contributed by atoms with Crippen LogP contribution in [-0.2, 0) is 14.3 Å². The molecular formula is C22H24N2O5. The van der Waals surface area contributed by atoms with Crippen LogP contribution in [-0.4, -0.2) is 52.7 Å². The molecule has 7 heteroatoms. The first-order valence-corrected chi connectivity index (χ1v) is 9.38. The van der Waals surface area contributed by atoms with Crippen molar-refractivity contribution in [2.45, 2.75) is 31.4 Å². The predicted octanol–water partition coefficient (Wildman–Crippen LogP) is 2.05. The highest BCUT2D eigenvalue weighted by atomic mass is 16.5. The van der Waals surface area contributed by atoms with Crippen molar-refractivity contribution in [2.75, 3.05) is 13.2 Å². The number of nitrogens with one attached hydrogen (secondary N) is 1. The Kier molecular flexibility index (Phi) is 5.98. The van der Waals surface area contributed by atoms with E-state index in [4.69, 9.17) is 4.74 Å². The molecule has 7 nitrogen and oxygen atoms in total. The number of nitrogens with zero attached hydrogens (tertiary/aromatic N) is 1. The molecular weight excluding hydrogens is 372 g/mol. The molecule has 0 aromatic heterocycles. The first-order chi connectivity index (χ1) is 13.8. The number of hydrogen-bond acceptors (Lipinski definition) is 5. The number of carbonyl (C=O) groups is 3. The number of rotatable bonds is 7. The first-order valence-electron chi connectivity index (χ1n) is 9.38. The fraction of sp³-hybridized carbons (Fsp3) is 0.318. The summed E-state index contributed by atoms with van der Waals surface area (Å²) in [7, 11) is 0. The van der Waals surface area contributed by atoms with Crippen molar-refractivity contribution in [1.29, 1.82) is 0 Å². The number of ether oxygens (including phenoxy) is 1. The summed E-state index contributed by atoms with van der Waals surface area (Å²) in [5, 5.41) is 12.8. The van der Waals surface area contributed by atoms with Gasteiger partial charge in [0.1, 0.15) is 24.2 Å². The molecule has 1 aliphatic heterocycles. The van der Waals surface area contributed by atoms with Crippen LogP contribution in [0.2, 0.25) is 0 Å². The van der Waals surface area contributed by atoms with Crippen LogP contribution < -0.4 is 5.32 Å². The maximum atomic E-state index is 12.8. The molecule has 1 saturated heterocycles. The Bertz CT molecular complexity index is 843. The second-order valence-electron chi connectivity index (χ2n) is 7.51. The molecule has 152 valence electrons. The van der Waals surface area contributed by atoms with Crippen molar-refractivity contribution in [3.05, 3.63) is 71.8 Å². The van der Waals surface area contributed by atoms with Crippen molar-refractivity contribution < 1.29 is 24.2 Å². The lowest BCUT2D eigenvalue weighted by molar-refractivity contribution is -0.147. The molecule has 0 spiro atoms. The number of aliphatic hydroxyl groups is 1. The topological polar surface area (TPSA) is 95.9 Å². The number of hydrogen-bond donors (Lipinski definition) is 2. The van der Waals surface area contributed by atoms with E-state index < -0.39 is 35.5 Å². The number of imide groups is 1. The largest absolute Gasteiger partial charge is 0.462 e. The van der Waals surface area contributed by atoms with Crippen LogP contribution in [0.5, 0.6) is 0 Å². The Morgan fingerprint density at radius 3 is 2.00 bits per heavy atom. The lowest BCUT2D eigenvalue weighted by Crippen LogP contribution is -2.42. The van der Waals surface area contributed by atoms with Crippen LogP contribution in [0.15, 0.2) is 60.7 Å². The number of esters is 1. The van der Waals surface area contributed by atoms with Crippen LogP contribution in [0.1, 0.15) is 30.9 Å². The standard InChI is InChI=1S/C22H24N2O5/c1-22(2)20(27)24(21(28)23-22)13-17(25)14-29-19(26)18(15-9-5-3-6-10-15)16-11-7-4-8-12-16/h3-12,17-18,25H,13-14H2,1-2H3,(H,23,28). The Morgan fingerprint density at radius 1 is 1.03 bits per heavy atom. The van der Waals surface area contributed by atoms with E-state index in [9.17, 15) is 19.5 Å². The van der Waals surface area contributed by atoms with Gasteiger partial charge in [-0.15, -0.1) is 0 Å². The molecule has 0 saturated carbocycles. The third kappa shape index (κ3) is 4.63. The van der Waals surface area contributed by atoms with Crippen molar-refractivity contribution in [3.63, 3.8) is 0 Å². The van der Waals surface area contributed by atoms with Gasteiger partial charge in [0.2, 0.25) is 0 Å². The minimum Gasteiger partial charge on any atom is -0.462 e. The Hall–Kier alpha value is -3.19. The maximum Gasteiger partial charge on any atom is 0.325 e. The molecule has 0 radical (unpaired) electrons. The van der Waals surface area contributed by atoms with E-state index in [1.165, 1.54) is 0 Å².